The quantitative estimate of drug-likeness (QED) is 0.0458. The average Bonchev–Trinajstić information content (AvgIpc) is 3.13. The Kier molecular flexibility index (Phi) is 34.1. The Hall–Kier alpha value is -2.02. The lowest BCUT2D eigenvalue weighted by atomic mass is 9.98. The van der Waals surface area contributed by atoms with Crippen LogP contribution < -0.4 is 0 Å². The molecule has 0 saturated carbocycles. The minimum absolute atomic E-state index is 0.0192. The highest BCUT2D eigenvalue weighted by Gasteiger charge is 2.18. The number of unbranched alkanes of at least 4 members (excludes halogenated alkanes) is 23. The number of hydrogen-bond donors (Lipinski definition) is 0. The molecule has 1 atom stereocenters. The van der Waals surface area contributed by atoms with Crippen LogP contribution in [0.3, 0.4) is 0 Å². The van der Waals surface area contributed by atoms with Gasteiger partial charge < -0.3 is 23.8 Å². The van der Waals surface area contributed by atoms with Gasteiger partial charge in [0, 0.05) is 37.8 Å². The molecule has 1 unspecified atom stereocenters. The first kappa shape index (κ1) is 49.0. The van der Waals surface area contributed by atoms with Gasteiger partial charge in [-0.1, -0.05) is 149 Å². The van der Waals surface area contributed by atoms with Crippen molar-refractivity contribution in [1.29, 1.82) is 0 Å². The van der Waals surface area contributed by atoms with Crippen LogP contribution in [0, 0.1) is 5.92 Å². The number of esters is 2. The fourth-order valence-corrected chi connectivity index (χ4v) is 6.95. The summed E-state index contributed by atoms with van der Waals surface area (Å²) < 4.78 is 23.3. The Labute approximate surface area is 327 Å². The molecule has 1 aliphatic carbocycles. The molecule has 7 heteroatoms. The van der Waals surface area contributed by atoms with Crippen LogP contribution in [-0.2, 0) is 28.5 Å². The van der Waals surface area contributed by atoms with E-state index in [0.717, 1.165) is 115 Å². The Morgan fingerprint density at radius 2 is 0.906 bits per heavy atom. The Bertz CT molecular complexity index is 916. The van der Waals surface area contributed by atoms with E-state index in [0.29, 0.717) is 32.0 Å². The molecule has 0 radical (unpaired) electrons. The topological polar surface area (TPSA) is 74.3 Å². The molecule has 0 aromatic rings. The largest absolute Gasteiger partial charge is 0.498 e. The summed E-state index contributed by atoms with van der Waals surface area (Å²) in [5.41, 5.74) is 0. The molecule has 0 spiro atoms. The first-order valence-electron chi connectivity index (χ1n) is 22.6. The molecule has 0 amide bonds. The third-order valence-electron chi connectivity index (χ3n) is 10.1. The standard InChI is InChI=1S/C46H85NO6/c1-5-7-9-11-13-15-21-27-33-46(49)53-37-31-25-19-17-23-29-35-51-44-39-42(41-47(3)4)38-43(40-44)50-34-28-22-16-18-24-30-36-52-45(48)32-26-20-14-12-10-8-6-2/h38,40,42H,5-37,39,41H2,1-4H3. The zero-order valence-electron chi connectivity index (χ0n) is 35.4. The van der Waals surface area contributed by atoms with E-state index in [4.69, 9.17) is 18.9 Å². The van der Waals surface area contributed by atoms with Gasteiger partial charge in [-0.3, -0.25) is 9.59 Å². The van der Waals surface area contributed by atoms with Crippen LogP contribution >= 0.6 is 0 Å². The van der Waals surface area contributed by atoms with Crippen LogP contribution in [0.2, 0.25) is 0 Å². The van der Waals surface area contributed by atoms with Crippen LogP contribution in [0.5, 0.6) is 0 Å². The highest BCUT2D eigenvalue weighted by Crippen LogP contribution is 2.26. The summed E-state index contributed by atoms with van der Waals surface area (Å²) in [6.45, 7) is 8.09. The highest BCUT2D eigenvalue weighted by atomic mass is 16.5. The van der Waals surface area contributed by atoms with Crippen molar-refractivity contribution in [3.05, 3.63) is 23.7 Å². The molecule has 0 fully saturated rings. The van der Waals surface area contributed by atoms with Crippen molar-refractivity contribution in [2.45, 2.75) is 206 Å². The van der Waals surface area contributed by atoms with Gasteiger partial charge in [-0.25, -0.2) is 0 Å². The van der Waals surface area contributed by atoms with Crippen molar-refractivity contribution in [2.75, 3.05) is 47.1 Å². The van der Waals surface area contributed by atoms with Crippen molar-refractivity contribution >= 4 is 11.9 Å². The molecule has 0 bridgehead atoms. The Balaban J connectivity index is 2.05. The van der Waals surface area contributed by atoms with E-state index >= 15 is 0 Å². The van der Waals surface area contributed by atoms with E-state index in [1.54, 1.807) is 0 Å². The van der Waals surface area contributed by atoms with Gasteiger partial charge in [0.05, 0.1) is 26.4 Å². The molecule has 310 valence electrons. The average molecular weight is 748 g/mol. The van der Waals surface area contributed by atoms with Gasteiger partial charge in [-0.15, -0.1) is 0 Å². The summed E-state index contributed by atoms with van der Waals surface area (Å²) in [7, 11) is 4.24. The van der Waals surface area contributed by atoms with Gasteiger partial charge in [-0.2, -0.15) is 0 Å². The second-order valence-electron chi connectivity index (χ2n) is 15.9. The van der Waals surface area contributed by atoms with Gasteiger partial charge in [0.1, 0.15) is 11.5 Å². The molecule has 0 aliphatic heterocycles. The van der Waals surface area contributed by atoms with Gasteiger partial charge in [0.25, 0.3) is 0 Å². The van der Waals surface area contributed by atoms with E-state index in [1.165, 1.54) is 96.3 Å². The maximum atomic E-state index is 12.0. The van der Waals surface area contributed by atoms with Gasteiger partial charge >= 0.3 is 11.9 Å². The Morgan fingerprint density at radius 3 is 1.34 bits per heavy atom. The summed E-state index contributed by atoms with van der Waals surface area (Å²) in [6.07, 6.45) is 38.3. The molecule has 53 heavy (non-hydrogen) atoms. The highest BCUT2D eigenvalue weighted by molar-refractivity contribution is 5.69. The number of rotatable bonds is 39. The van der Waals surface area contributed by atoms with Gasteiger partial charge in [0.2, 0.25) is 0 Å². The third kappa shape index (κ3) is 33.1. The first-order valence-corrected chi connectivity index (χ1v) is 22.6. The molecule has 1 aliphatic rings. The predicted molar refractivity (Wildman–Crippen MR) is 222 cm³/mol. The summed E-state index contributed by atoms with van der Waals surface area (Å²) >= 11 is 0. The van der Waals surface area contributed by atoms with Gasteiger partial charge in [-0.05, 0) is 58.7 Å². The van der Waals surface area contributed by atoms with Crippen molar-refractivity contribution in [3.63, 3.8) is 0 Å². The van der Waals surface area contributed by atoms with E-state index in [2.05, 4.69) is 45.0 Å². The lowest BCUT2D eigenvalue weighted by Gasteiger charge is -2.24. The maximum absolute atomic E-state index is 12.0. The first-order chi connectivity index (χ1) is 25.9. The zero-order valence-corrected chi connectivity index (χ0v) is 35.4. The molecule has 0 aromatic heterocycles. The third-order valence-corrected chi connectivity index (χ3v) is 10.1. The second-order valence-corrected chi connectivity index (χ2v) is 15.9. The summed E-state index contributed by atoms with van der Waals surface area (Å²) in [6, 6.07) is 0. The molecule has 1 rings (SSSR count). The fraction of sp³-hybridized carbons (Fsp3) is 0.870. The minimum atomic E-state index is -0.0221. The van der Waals surface area contributed by atoms with Crippen molar-refractivity contribution in [3.8, 4) is 0 Å². The lowest BCUT2D eigenvalue weighted by Crippen LogP contribution is -2.23. The predicted octanol–water partition coefficient (Wildman–Crippen LogP) is 12.8. The molecule has 0 heterocycles. The SMILES string of the molecule is CCCCCCCCCCC(=O)OCCCCCCCCOC1=CC(OCCCCCCCCOC(=O)CCCCCCCCC)=CC(CN(C)C)C1. The molecule has 0 N–H and O–H groups in total. The van der Waals surface area contributed by atoms with Crippen LogP contribution in [0.15, 0.2) is 23.7 Å². The number of hydrogen-bond acceptors (Lipinski definition) is 7. The van der Waals surface area contributed by atoms with Crippen LogP contribution in [-0.4, -0.2) is 63.9 Å². The van der Waals surface area contributed by atoms with Crippen LogP contribution in [0.1, 0.15) is 206 Å². The molecule has 0 aromatic carbocycles. The van der Waals surface area contributed by atoms with E-state index in [9.17, 15) is 9.59 Å². The summed E-state index contributed by atoms with van der Waals surface area (Å²) in [5.74, 6) is 2.36. The smallest absolute Gasteiger partial charge is 0.305 e. The van der Waals surface area contributed by atoms with E-state index < -0.39 is 0 Å². The summed E-state index contributed by atoms with van der Waals surface area (Å²) in [4.78, 5) is 26.1. The zero-order chi connectivity index (χ0) is 38.5. The normalized spacial score (nSPS) is 14.2. The fourth-order valence-electron chi connectivity index (χ4n) is 6.95. The number of carbonyl (C=O) groups excluding carboxylic acids is 2. The molecule has 7 nitrogen and oxygen atoms in total. The van der Waals surface area contributed by atoms with Crippen molar-refractivity contribution in [1.82, 2.24) is 4.90 Å². The molecule has 0 saturated heterocycles. The van der Waals surface area contributed by atoms with Crippen LogP contribution in [0.4, 0.5) is 0 Å². The minimum Gasteiger partial charge on any atom is -0.498 e. The number of ether oxygens (including phenoxy) is 4. The lowest BCUT2D eigenvalue weighted by molar-refractivity contribution is -0.144. The van der Waals surface area contributed by atoms with Crippen LogP contribution in [0.25, 0.3) is 0 Å². The van der Waals surface area contributed by atoms with Crippen molar-refractivity contribution < 1.29 is 28.5 Å². The molecular formula is C46H85NO6. The number of nitrogens with zero attached hydrogens (tertiary/aromatic N) is 1. The number of carbonyl (C=O) groups is 2. The number of allylic oxidation sites excluding steroid dienone is 2. The summed E-state index contributed by atoms with van der Waals surface area (Å²) in [5, 5.41) is 0. The second kappa shape index (κ2) is 36.9. The van der Waals surface area contributed by atoms with E-state index in [-0.39, 0.29) is 11.9 Å². The molecular weight excluding hydrogens is 663 g/mol. The van der Waals surface area contributed by atoms with E-state index in [1.807, 2.05) is 0 Å². The Morgan fingerprint density at radius 1 is 0.528 bits per heavy atom. The van der Waals surface area contributed by atoms with Crippen molar-refractivity contribution in [2.24, 2.45) is 5.92 Å². The van der Waals surface area contributed by atoms with Gasteiger partial charge in [0.15, 0.2) is 0 Å². The monoisotopic (exact) mass is 748 g/mol. The maximum Gasteiger partial charge on any atom is 0.305 e.